The van der Waals surface area contributed by atoms with Gasteiger partial charge in [0.15, 0.2) is 5.82 Å². The van der Waals surface area contributed by atoms with E-state index in [1.54, 1.807) is 18.0 Å². The molecule has 0 fully saturated rings. The lowest BCUT2D eigenvalue weighted by atomic mass is 10.1. The summed E-state index contributed by atoms with van der Waals surface area (Å²) in [7, 11) is 1.87. The Kier molecular flexibility index (Phi) is 3.91. The second-order valence-electron chi connectivity index (χ2n) is 4.11. The van der Waals surface area contributed by atoms with E-state index in [-0.39, 0.29) is 5.82 Å². The van der Waals surface area contributed by atoms with Gasteiger partial charge in [0, 0.05) is 36.6 Å². The first-order chi connectivity index (χ1) is 8.65. The molecule has 2 rings (SSSR count). The highest BCUT2D eigenvalue weighted by Gasteiger charge is 2.15. The van der Waals surface area contributed by atoms with Gasteiger partial charge < -0.3 is 10.6 Å². The molecule has 0 radical (unpaired) electrons. The zero-order valence-corrected chi connectivity index (χ0v) is 11.3. The molecule has 5 heteroatoms. The largest absolute Gasteiger partial charge is 0.398 e. The maximum atomic E-state index is 14.1. The fourth-order valence-corrected chi connectivity index (χ4v) is 2.38. The minimum absolute atomic E-state index is 0.317. The lowest BCUT2D eigenvalue weighted by molar-refractivity contribution is 0.626. The van der Waals surface area contributed by atoms with Gasteiger partial charge >= 0.3 is 0 Å². The molecule has 18 heavy (non-hydrogen) atoms. The number of benzene rings is 1. The van der Waals surface area contributed by atoms with Crippen LogP contribution in [0.4, 0.5) is 15.8 Å². The number of nitrogens with zero attached hydrogens (tertiary/aromatic N) is 2. The fourth-order valence-electron chi connectivity index (χ4n) is 1.93. The summed E-state index contributed by atoms with van der Waals surface area (Å²) in [5.41, 5.74) is 7.40. The highest BCUT2D eigenvalue weighted by Crippen LogP contribution is 2.31. The van der Waals surface area contributed by atoms with Gasteiger partial charge in [0.1, 0.15) is 0 Å². The second kappa shape index (κ2) is 5.44. The summed E-state index contributed by atoms with van der Waals surface area (Å²) in [6.45, 7) is 0.772. The molecule has 96 valence electrons. The number of halogens is 1. The molecule has 0 aliphatic heterocycles. The van der Waals surface area contributed by atoms with Crippen LogP contribution in [-0.2, 0) is 0 Å². The van der Waals surface area contributed by atoms with Crippen LogP contribution in [0, 0.1) is 5.82 Å². The van der Waals surface area contributed by atoms with Crippen molar-refractivity contribution < 1.29 is 4.39 Å². The Balaban J connectivity index is 2.55. The van der Waals surface area contributed by atoms with E-state index in [1.165, 1.54) is 6.07 Å². The zero-order chi connectivity index (χ0) is 13.1. The Morgan fingerprint density at radius 1 is 1.50 bits per heavy atom. The average Bonchev–Trinajstić information content (AvgIpc) is 2.36. The number of nitrogens with two attached hydrogens (primary N) is 1. The third kappa shape index (κ3) is 2.36. The number of anilines is 2. The topological polar surface area (TPSA) is 42.1 Å². The van der Waals surface area contributed by atoms with E-state index in [0.29, 0.717) is 16.9 Å². The van der Waals surface area contributed by atoms with Crippen molar-refractivity contribution in [3.8, 4) is 0 Å². The molecule has 0 spiro atoms. The lowest BCUT2D eigenvalue weighted by Gasteiger charge is -2.21. The lowest BCUT2D eigenvalue weighted by Crippen LogP contribution is -2.22. The van der Waals surface area contributed by atoms with E-state index in [0.717, 1.165) is 17.7 Å². The smallest absolute Gasteiger partial charge is 0.150 e. The monoisotopic (exact) mass is 265 g/mol. The molecular weight excluding hydrogens is 249 g/mol. The molecule has 1 heterocycles. The molecule has 0 atom stereocenters. The van der Waals surface area contributed by atoms with Gasteiger partial charge in [-0.3, -0.25) is 4.98 Å². The summed E-state index contributed by atoms with van der Waals surface area (Å²) < 4.78 is 14.1. The Hall–Kier alpha value is -1.49. The van der Waals surface area contributed by atoms with Gasteiger partial charge in [0.25, 0.3) is 0 Å². The number of hydrogen-bond acceptors (Lipinski definition) is 4. The Labute approximate surface area is 110 Å². The molecule has 0 amide bonds. The highest BCUT2D eigenvalue weighted by atomic mass is 32.2. The molecule has 1 aromatic carbocycles. The summed E-state index contributed by atoms with van der Waals surface area (Å²) in [6.07, 6.45) is 3.69. The van der Waals surface area contributed by atoms with Crippen LogP contribution in [0.3, 0.4) is 0 Å². The van der Waals surface area contributed by atoms with Crippen molar-refractivity contribution >= 4 is 34.0 Å². The van der Waals surface area contributed by atoms with E-state index in [4.69, 9.17) is 5.73 Å². The molecule has 0 aliphatic rings. The van der Waals surface area contributed by atoms with Gasteiger partial charge in [-0.1, -0.05) is 0 Å². The predicted molar refractivity (Wildman–Crippen MR) is 77.8 cm³/mol. The molecule has 0 saturated carbocycles. The highest BCUT2D eigenvalue weighted by molar-refractivity contribution is 7.98. The number of fused-ring (bicyclic) bond motifs is 1. The minimum atomic E-state index is -0.317. The maximum Gasteiger partial charge on any atom is 0.150 e. The molecule has 2 aromatic rings. The summed E-state index contributed by atoms with van der Waals surface area (Å²) in [5, 5.41) is 0.796. The summed E-state index contributed by atoms with van der Waals surface area (Å²) >= 11 is 1.73. The van der Waals surface area contributed by atoms with Crippen molar-refractivity contribution in [3.05, 3.63) is 30.2 Å². The SMILES string of the molecule is CSCCN(C)c1c(F)cc(N)c2cccnc12. The fraction of sp³-hybridized carbons (Fsp3) is 0.308. The molecule has 0 bridgehead atoms. The van der Waals surface area contributed by atoms with Crippen LogP contribution in [-0.4, -0.2) is 30.6 Å². The van der Waals surface area contributed by atoms with Gasteiger partial charge in [-0.05, 0) is 24.5 Å². The molecular formula is C13H16FN3S. The van der Waals surface area contributed by atoms with Gasteiger partial charge in [0.2, 0.25) is 0 Å². The van der Waals surface area contributed by atoms with Crippen LogP contribution in [0.25, 0.3) is 10.9 Å². The Morgan fingerprint density at radius 2 is 2.28 bits per heavy atom. The van der Waals surface area contributed by atoms with Crippen LogP contribution in [0.15, 0.2) is 24.4 Å². The van der Waals surface area contributed by atoms with Gasteiger partial charge in [-0.25, -0.2) is 4.39 Å². The molecule has 0 aliphatic carbocycles. The van der Waals surface area contributed by atoms with E-state index < -0.39 is 0 Å². The molecule has 1 aromatic heterocycles. The van der Waals surface area contributed by atoms with Crippen molar-refractivity contribution in [1.82, 2.24) is 4.98 Å². The van der Waals surface area contributed by atoms with E-state index in [9.17, 15) is 4.39 Å². The molecule has 0 saturated heterocycles. The molecule has 3 nitrogen and oxygen atoms in total. The maximum absolute atomic E-state index is 14.1. The van der Waals surface area contributed by atoms with Gasteiger partial charge in [-0.2, -0.15) is 11.8 Å². The van der Waals surface area contributed by atoms with Crippen molar-refractivity contribution in [2.75, 3.05) is 36.2 Å². The van der Waals surface area contributed by atoms with Crippen LogP contribution < -0.4 is 10.6 Å². The first-order valence-corrected chi connectivity index (χ1v) is 7.07. The first kappa shape index (κ1) is 13.0. The van der Waals surface area contributed by atoms with Crippen molar-refractivity contribution in [2.24, 2.45) is 0 Å². The van der Waals surface area contributed by atoms with E-state index in [2.05, 4.69) is 4.98 Å². The average molecular weight is 265 g/mol. The molecule has 0 unspecified atom stereocenters. The molecule has 2 N–H and O–H groups in total. The van der Waals surface area contributed by atoms with Crippen molar-refractivity contribution in [3.63, 3.8) is 0 Å². The normalized spacial score (nSPS) is 10.8. The third-order valence-electron chi connectivity index (χ3n) is 2.86. The number of rotatable bonds is 4. The number of aromatic nitrogens is 1. The number of pyridine rings is 1. The van der Waals surface area contributed by atoms with Crippen LogP contribution in [0.5, 0.6) is 0 Å². The van der Waals surface area contributed by atoms with Crippen molar-refractivity contribution in [2.45, 2.75) is 0 Å². The number of thioether (sulfide) groups is 1. The quantitative estimate of drug-likeness (QED) is 0.863. The van der Waals surface area contributed by atoms with Crippen LogP contribution >= 0.6 is 11.8 Å². The third-order valence-corrected chi connectivity index (χ3v) is 3.45. The zero-order valence-electron chi connectivity index (χ0n) is 10.5. The Morgan fingerprint density at radius 3 is 3.00 bits per heavy atom. The number of hydrogen-bond donors (Lipinski definition) is 1. The minimum Gasteiger partial charge on any atom is -0.398 e. The van der Waals surface area contributed by atoms with Crippen LogP contribution in [0.1, 0.15) is 0 Å². The van der Waals surface area contributed by atoms with Crippen molar-refractivity contribution in [1.29, 1.82) is 0 Å². The standard InChI is InChI=1S/C13H16FN3S/c1-17(6-7-18-2)13-10(14)8-11(15)9-4-3-5-16-12(9)13/h3-5,8H,6-7,15H2,1-2H3. The first-order valence-electron chi connectivity index (χ1n) is 5.68. The predicted octanol–water partition coefficient (Wildman–Crippen LogP) is 2.76. The number of nitrogen functional groups attached to an aromatic ring is 1. The van der Waals surface area contributed by atoms with Crippen LogP contribution in [0.2, 0.25) is 0 Å². The Bertz CT molecular complexity index is 559. The van der Waals surface area contributed by atoms with E-state index in [1.807, 2.05) is 30.3 Å². The van der Waals surface area contributed by atoms with E-state index >= 15 is 0 Å². The second-order valence-corrected chi connectivity index (χ2v) is 5.10. The van der Waals surface area contributed by atoms with Gasteiger partial charge in [-0.15, -0.1) is 0 Å². The van der Waals surface area contributed by atoms with Gasteiger partial charge in [0.05, 0.1) is 11.2 Å². The summed E-state index contributed by atoms with van der Waals surface area (Å²) in [4.78, 5) is 6.15. The summed E-state index contributed by atoms with van der Waals surface area (Å²) in [6, 6.07) is 5.04. The summed E-state index contributed by atoms with van der Waals surface area (Å²) in [5.74, 6) is 0.622.